The lowest BCUT2D eigenvalue weighted by Gasteiger charge is -2.12. The van der Waals surface area contributed by atoms with Crippen molar-refractivity contribution < 1.29 is 4.42 Å². The van der Waals surface area contributed by atoms with Gasteiger partial charge in [0.25, 0.3) is 0 Å². The molecule has 0 saturated heterocycles. The van der Waals surface area contributed by atoms with E-state index in [4.69, 9.17) is 19.4 Å². The van der Waals surface area contributed by atoms with Crippen LogP contribution in [0.4, 0.5) is 0 Å². The lowest BCUT2D eigenvalue weighted by Crippen LogP contribution is -2.01. The molecule has 0 aliphatic rings. The molecule has 0 amide bonds. The molecule has 0 saturated carbocycles. The molecule has 0 N–H and O–H groups in total. The fourth-order valence-corrected chi connectivity index (χ4v) is 8.79. The maximum atomic E-state index is 6.65. The molecule has 5 heteroatoms. The van der Waals surface area contributed by atoms with E-state index in [1.54, 1.807) is 0 Å². The van der Waals surface area contributed by atoms with Crippen molar-refractivity contribution in [3.63, 3.8) is 0 Å². The second kappa shape index (κ2) is 12.8. The van der Waals surface area contributed by atoms with E-state index < -0.39 is 0 Å². The molecule has 9 aromatic carbocycles. The number of furan rings is 1. The van der Waals surface area contributed by atoms with Gasteiger partial charge in [0, 0.05) is 43.9 Å². The summed E-state index contributed by atoms with van der Waals surface area (Å²) in [5, 5.41) is 9.07. The average Bonchev–Trinajstić information content (AvgIpc) is 3.84. The molecular weight excluding hydrogens is 709 g/mol. The molecule has 5 nitrogen and oxygen atoms in total. The molecule has 0 aliphatic heterocycles. The zero-order chi connectivity index (χ0) is 38.2. The smallest absolute Gasteiger partial charge is 0.164 e. The van der Waals surface area contributed by atoms with Crippen LogP contribution in [0.25, 0.3) is 116 Å². The van der Waals surface area contributed by atoms with Gasteiger partial charge in [-0.1, -0.05) is 146 Å². The topological polar surface area (TPSA) is 56.7 Å². The summed E-state index contributed by atoms with van der Waals surface area (Å²) in [5.74, 6) is 1.84. The van der Waals surface area contributed by atoms with Crippen LogP contribution in [-0.4, -0.2) is 19.5 Å². The van der Waals surface area contributed by atoms with Gasteiger partial charge in [0.1, 0.15) is 11.2 Å². The average molecular weight is 741 g/mol. The molecule has 0 atom stereocenters. The monoisotopic (exact) mass is 740 g/mol. The van der Waals surface area contributed by atoms with Gasteiger partial charge in [0.15, 0.2) is 17.5 Å². The van der Waals surface area contributed by atoms with E-state index in [0.29, 0.717) is 17.5 Å². The minimum atomic E-state index is 0.595. The molecule has 58 heavy (non-hydrogen) atoms. The minimum absolute atomic E-state index is 0.595. The fourth-order valence-electron chi connectivity index (χ4n) is 8.79. The van der Waals surface area contributed by atoms with E-state index in [-0.39, 0.29) is 0 Å². The lowest BCUT2D eigenvalue weighted by molar-refractivity contribution is 0.669. The summed E-state index contributed by atoms with van der Waals surface area (Å²) < 4.78 is 9.01. The van der Waals surface area contributed by atoms with Crippen molar-refractivity contribution in [2.45, 2.75) is 0 Å². The Labute approximate surface area is 333 Å². The number of aromatic nitrogens is 4. The zero-order valence-electron chi connectivity index (χ0n) is 31.2. The third-order valence-electron chi connectivity index (χ3n) is 11.4. The van der Waals surface area contributed by atoms with Crippen LogP contribution in [-0.2, 0) is 0 Å². The number of hydrogen-bond acceptors (Lipinski definition) is 4. The number of nitrogens with zero attached hydrogens (tertiary/aromatic N) is 4. The fraction of sp³-hybridized carbons (Fsp3) is 0. The van der Waals surface area contributed by atoms with Crippen LogP contribution in [0.1, 0.15) is 0 Å². The summed E-state index contributed by atoms with van der Waals surface area (Å²) in [6.45, 7) is 0. The zero-order valence-corrected chi connectivity index (χ0v) is 31.2. The summed E-state index contributed by atoms with van der Waals surface area (Å²) in [4.78, 5) is 15.6. The van der Waals surface area contributed by atoms with Gasteiger partial charge in [0.05, 0.1) is 11.0 Å². The Morgan fingerprint density at radius 2 is 0.948 bits per heavy atom. The summed E-state index contributed by atoms with van der Waals surface area (Å²) in [6, 6.07) is 68.0. The van der Waals surface area contributed by atoms with Gasteiger partial charge < -0.3 is 8.98 Å². The van der Waals surface area contributed by atoms with Crippen molar-refractivity contribution in [2.75, 3.05) is 0 Å². The van der Waals surface area contributed by atoms with Crippen LogP contribution in [0, 0.1) is 0 Å². The van der Waals surface area contributed by atoms with Crippen molar-refractivity contribution in [2.24, 2.45) is 0 Å². The Bertz CT molecular complexity index is 3530. The van der Waals surface area contributed by atoms with Crippen LogP contribution in [0.5, 0.6) is 0 Å². The van der Waals surface area contributed by atoms with Crippen LogP contribution >= 0.6 is 0 Å². The summed E-state index contributed by atoms with van der Waals surface area (Å²) in [7, 11) is 0. The predicted molar refractivity (Wildman–Crippen MR) is 238 cm³/mol. The molecule has 270 valence electrons. The first kappa shape index (κ1) is 32.4. The summed E-state index contributed by atoms with van der Waals surface area (Å²) in [5.41, 5.74) is 10.0. The van der Waals surface area contributed by atoms with Crippen molar-refractivity contribution >= 4 is 65.3 Å². The third kappa shape index (κ3) is 5.07. The van der Waals surface area contributed by atoms with Gasteiger partial charge in [-0.05, 0) is 81.2 Å². The molecule has 3 heterocycles. The standard InChI is InChI=1S/C53H32N4O/c1-2-14-33(15-3-1)51-54-52(56-53(55-51)45-31-36-16-4-5-19-38(36)39-20-6-7-21-40(39)45)44-24-13-27-48-50(44)43-29-28-35(32-49(43)58-48)34-17-12-18-37(30-34)57-46-25-10-8-22-41(46)42-23-9-11-26-47(42)57/h1-32H. The Kier molecular flexibility index (Phi) is 7.16. The molecular formula is C53H32N4O. The summed E-state index contributed by atoms with van der Waals surface area (Å²) >= 11 is 0. The normalized spacial score (nSPS) is 11.8. The Morgan fingerprint density at radius 3 is 1.74 bits per heavy atom. The highest BCUT2D eigenvalue weighted by molar-refractivity contribution is 6.15. The largest absolute Gasteiger partial charge is 0.456 e. The highest BCUT2D eigenvalue weighted by Gasteiger charge is 2.20. The first-order chi connectivity index (χ1) is 28.7. The number of benzene rings is 9. The molecule has 0 spiro atoms. The molecule has 12 aromatic rings. The number of rotatable bonds is 5. The van der Waals surface area contributed by atoms with E-state index in [2.05, 4.69) is 156 Å². The molecule has 0 unspecified atom stereocenters. The van der Waals surface area contributed by atoms with E-state index in [9.17, 15) is 0 Å². The first-order valence-corrected chi connectivity index (χ1v) is 19.5. The SMILES string of the molecule is c1ccc(-c2nc(-c3cc4ccccc4c4ccccc34)nc(-c3cccc4oc5cc(-c6cccc(-n7c8ccccc8c8ccccc87)c6)ccc5c34)n2)cc1. The second-order valence-electron chi connectivity index (χ2n) is 14.8. The van der Waals surface area contributed by atoms with Crippen LogP contribution in [0.15, 0.2) is 199 Å². The van der Waals surface area contributed by atoms with Crippen molar-refractivity contribution in [1.82, 2.24) is 19.5 Å². The molecule has 12 rings (SSSR count). The number of fused-ring (bicyclic) bond motifs is 9. The van der Waals surface area contributed by atoms with Crippen LogP contribution in [0.3, 0.4) is 0 Å². The number of hydrogen-bond donors (Lipinski definition) is 0. The van der Waals surface area contributed by atoms with Gasteiger partial charge in [-0.15, -0.1) is 0 Å². The molecule has 0 radical (unpaired) electrons. The number of para-hydroxylation sites is 2. The minimum Gasteiger partial charge on any atom is -0.456 e. The molecule has 0 fully saturated rings. The van der Waals surface area contributed by atoms with Gasteiger partial charge in [-0.3, -0.25) is 0 Å². The van der Waals surface area contributed by atoms with Crippen molar-refractivity contribution in [1.29, 1.82) is 0 Å². The Hall–Kier alpha value is -7.89. The Morgan fingerprint density at radius 1 is 0.345 bits per heavy atom. The molecule has 0 aliphatic carbocycles. The van der Waals surface area contributed by atoms with Gasteiger partial charge in [-0.2, -0.15) is 0 Å². The van der Waals surface area contributed by atoms with Gasteiger partial charge in [0.2, 0.25) is 0 Å². The quantitative estimate of drug-likeness (QED) is 0.165. The van der Waals surface area contributed by atoms with Crippen molar-refractivity contribution in [3.05, 3.63) is 194 Å². The van der Waals surface area contributed by atoms with E-state index >= 15 is 0 Å². The predicted octanol–water partition coefficient (Wildman–Crippen LogP) is 13.8. The van der Waals surface area contributed by atoms with Gasteiger partial charge in [-0.25, -0.2) is 15.0 Å². The second-order valence-corrected chi connectivity index (χ2v) is 14.8. The third-order valence-corrected chi connectivity index (χ3v) is 11.4. The van der Waals surface area contributed by atoms with E-state index in [1.165, 1.54) is 27.2 Å². The molecule has 3 aromatic heterocycles. The lowest BCUT2D eigenvalue weighted by atomic mass is 9.96. The van der Waals surface area contributed by atoms with Gasteiger partial charge >= 0.3 is 0 Å². The highest BCUT2D eigenvalue weighted by Crippen LogP contribution is 2.40. The maximum Gasteiger partial charge on any atom is 0.164 e. The maximum absolute atomic E-state index is 6.65. The van der Waals surface area contributed by atoms with Crippen LogP contribution in [0.2, 0.25) is 0 Å². The highest BCUT2D eigenvalue weighted by atomic mass is 16.3. The van der Waals surface area contributed by atoms with Crippen molar-refractivity contribution in [3.8, 4) is 51.0 Å². The summed E-state index contributed by atoms with van der Waals surface area (Å²) in [6.07, 6.45) is 0. The van der Waals surface area contributed by atoms with E-state index in [0.717, 1.165) is 71.6 Å². The Balaban J connectivity index is 1.02. The first-order valence-electron chi connectivity index (χ1n) is 19.5. The molecule has 0 bridgehead atoms. The van der Waals surface area contributed by atoms with Crippen LogP contribution < -0.4 is 0 Å². The van der Waals surface area contributed by atoms with E-state index in [1.807, 2.05) is 42.5 Å².